The number of fused-ring (bicyclic) bond motifs is 3. The van der Waals surface area contributed by atoms with Crippen LogP contribution in [0.1, 0.15) is 5.56 Å². The van der Waals surface area contributed by atoms with Gasteiger partial charge in [-0.15, -0.1) is 29.9 Å². The molecular formula is C61H34ClN15. The Morgan fingerprint density at radius 3 is 1.00 bits per heavy atom. The number of rotatable bonds is 6. The minimum atomic E-state index is -0.0153. The van der Waals surface area contributed by atoms with Crippen LogP contribution in [0.15, 0.2) is 188 Å². The fourth-order valence-electron chi connectivity index (χ4n) is 8.56. The Labute approximate surface area is 446 Å². The summed E-state index contributed by atoms with van der Waals surface area (Å²) < 4.78 is 5.84. The van der Waals surface area contributed by atoms with Gasteiger partial charge in [-0.2, -0.15) is 0 Å². The first-order valence-corrected chi connectivity index (χ1v) is 23.7. The summed E-state index contributed by atoms with van der Waals surface area (Å²) >= 11 is 6.43. The van der Waals surface area contributed by atoms with Gasteiger partial charge in [0.2, 0.25) is 16.6 Å². The van der Waals surface area contributed by atoms with E-state index in [-0.39, 0.29) is 34.9 Å². The van der Waals surface area contributed by atoms with Crippen molar-refractivity contribution in [2.24, 2.45) is 0 Å². The first-order chi connectivity index (χ1) is 37.7. The lowest BCUT2D eigenvalue weighted by Gasteiger charge is -2.10. The molecule has 15 nitrogen and oxygen atoms in total. The lowest BCUT2D eigenvalue weighted by atomic mass is 10.1. The van der Waals surface area contributed by atoms with Crippen molar-refractivity contribution >= 4 is 80.0 Å². The summed E-state index contributed by atoms with van der Waals surface area (Å²) in [5, 5.41) is 0.558. The van der Waals surface area contributed by atoms with Gasteiger partial charge in [0.05, 0.1) is 27.8 Å². The molecule has 0 aliphatic rings. The number of hydrogen-bond donors (Lipinski definition) is 0. The van der Waals surface area contributed by atoms with Crippen molar-refractivity contribution in [1.82, 2.24) is 43.6 Å². The van der Waals surface area contributed by atoms with E-state index in [0.717, 1.165) is 56.4 Å². The van der Waals surface area contributed by atoms with E-state index in [1.54, 1.807) is 6.07 Å². The zero-order valence-corrected chi connectivity index (χ0v) is 41.2. The highest BCUT2D eigenvalue weighted by molar-refractivity contribution is 6.32. The van der Waals surface area contributed by atoms with Crippen molar-refractivity contribution < 1.29 is 0 Å². The summed E-state index contributed by atoms with van der Waals surface area (Å²) in [6, 6.07) is 60.7. The second-order valence-electron chi connectivity index (χ2n) is 16.7. The smallest absolute Gasteiger partial charge is 0.295 e. The van der Waals surface area contributed by atoms with Gasteiger partial charge in [-0.25, -0.2) is 0 Å². The Bertz CT molecular complexity index is 4470. The first kappa shape index (κ1) is 49.0. The van der Waals surface area contributed by atoms with Crippen LogP contribution in [0.2, 0.25) is 5.02 Å². The molecule has 0 atom stereocenters. The van der Waals surface area contributed by atoms with Crippen molar-refractivity contribution in [3.63, 3.8) is 0 Å². The molecule has 0 aliphatic carbocycles. The highest BCUT2D eigenvalue weighted by atomic mass is 35.5. The molecular weight excluding hydrogens is 978 g/mol. The molecule has 6 aromatic carbocycles. The molecule has 6 aromatic heterocycles. The molecule has 0 aliphatic heterocycles. The second-order valence-corrected chi connectivity index (χ2v) is 17.1. The number of benzene rings is 6. The van der Waals surface area contributed by atoms with Crippen LogP contribution in [0, 0.1) is 46.4 Å². The lowest BCUT2D eigenvalue weighted by Crippen LogP contribution is -1.99. The summed E-state index contributed by atoms with van der Waals surface area (Å²) in [5.74, 6) is 0.110. The van der Waals surface area contributed by atoms with Crippen LogP contribution in [0.3, 0.4) is 0 Å². The average molecular weight is 1010 g/mol. The number of aromatic nitrogens is 9. The topological polar surface area (TPSA) is 118 Å². The summed E-state index contributed by atoms with van der Waals surface area (Å²) in [4.78, 5) is 46.4. The van der Waals surface area contributed by atoms with Crippen molar-refractivity contribution in [3.8, 4) is 50.8 Å². The molecule has 12 aromatic rings. The minimum absolute atomic E-state index is 0.00317. The number of aryl methyl sites for hydroxylation is 1. The molecule has 0 unspecified atom stereocenters. The molecule has 0 saturated heterocycles. The molecule has 16 heteroatoms. The van der Waals surface area contributed by atoms with E-state index >= 15 is 0 Å². The lowest BCUT2D eigenvalue weighted by molar-refractivity contribution is 1.10. The van der Waals surface area contributed by atoms with E-state index < -0.39 is 0 Å². The highest BCUT2D eigenvalue weighted by Gasteiger charge is 2.26. The summed E-state index contributed by atoms with van der Waals surface area (Å²) in [7, 11) is 0. The van der Waals surface area contributed by atoms with Crippen LogP contribution in [0.25, 0.3) is 113 Å². The maximum atomic E-state index is 7.31. The van der Waals surface area contributed by atoms with Crippen molar-refractivity contribution in [1.29, 1.82) is 0 Å². The second kappa shape index (κ2) is 21.6. The van der Waals surface area contributed by atoms with Gasteiger partial charge in [-0.1, -0.05) is 190 Å². The molecule has 0 fully saturated rings. The van der Waals surface area contributed by atoms with Gasteiger partial charge < -0.3 is 29.1 Å². The minimum Gasteiger partial charge on any atom is -0.370 e. The van der Waals surface area contributed by atoms with Crippen molar-refractivity contribution in [2.75, 3.05) is 0 Å². The van der Waals surface area contributed by atoms with Gasteiger partial charge in [0.1, 0.15) is 0 Å². The van der Waals surface area contributed by atoms with E-state index in [0.29, 0.717) is 38.5 Å². The number of para-hydroxylation sites is 2. The maximum absolute atomic E-state index is 7.31. The van der Waals surface area contributed by atoms with Crippen LogP contribution in [0.5, 0.6) is 0 Å². The van der Waals surface area contributed by atoms with Crippen LogP contribution < -0.4 is 0 Å². The molecule has 360 valence electrons. The van der Waals surface area contributed by atoms with Crippen LogP contribution in [-0.4, -0.2) is 43.6 Å². The van der Waals surface area contributed by atoms with Gasteiger partial charge in [0.15, 0.2) is 0 Å². The Kier molecular flexibility index (Phi) is 13.8. The Balaban J connectivity index is 0.000000131. The molecule has 0 bridgehead atoms. The van der Waals surface area contributed by atoms with Gasteiger partial charge >= 0.3 is 0 Å². The summed E-state index contributed by atoms with van der Waals surface area (Å²) in [6.07, 6.45) is 0. The standard InChI is InChI=1S/C21H13N5.C20H10ClN5.C20H11N5/c1-14-9-11-16(12-10-14)26-18(15-7-5-4-6-8-15)13-17-21(26)25-20(23-3)19(22-2)24-17;1-22-18-19(23-2)25-20-15(24-18)12-17(13-8-4-3-5-9-13)26(20)16-11-7-6-10-14(16)21;1-21-18-19(22-2)24-20-16(23-18)13-17(14-9-5-3-6-10-14)25(20)15-11-7-4-8-12-15/h4-13H,1H3;3-12H;3-13H. The van der Waals surface area contributed by atoms with Crippen LogP contribution >= 0.6 is 11.6 Å². The highest BCUT2D eigenvalue weighted by Crippen LogP contribution is 2.38. The molecule has 12 rings (SSSR count). The van der Waals surface area contributed by atoms with Gasteiger partial charge in [-0.05, 0) is 60.0 Å². The van der Waals surface area contributed by atoms with Crippen LogP contribution in [0.4, 0.5) is 34.9 Å². The fraction of sp³-hybridized carbons (Fsp3) is 0.0164. The predicted molar refractivity (Wildman–Crippen MR) is 300 cm³/mol. The van der Waals surface area contributed by atoms with E-state index in [1.165, 1.54) is 0 Å². The Morgan fingerprint density at radius 1 is 0.338 bits per heavy atom. The first-order valence-electron chi connectivity index (χ1n) is 23.3. The number of halogens is 1. The third kappa shape index (κ3) is 9.63. The van der Waals surface area contributed by atoms with E-state index in [4.69, 9.17) is 51.0 Å². The summed E-state index contributed by atoms with van der Waals surface area (Å²) in [5.41, 5.74) is 12.8. The SMILES string of the molecule is [C-]#[N+]c1nc2cc(-c3ccccc3)n(-c3ccc(C)cc3)c2nc1[N+]#[C-].[C-]#[N+]c1nc2cc(-c3ccccc3)n(-c3ccccc3)c2nc1[N+]#[C-].[C-]#[N+]c1nc2cc(-c3ccccc3)n(-c3ccccc3Cl)c2nc1[N+]#[C-]. The zero-order valence-electron chi connectivity index (χ0n) is 40.5. The predicted octanol–water partition coefficient (Wildman–Crippen LogP) is 16.5. The molecule has 77 heavy (non-hydrogen) atoms. The summed E-state index contributed by atoms with van der Waals surface area (Å²) in [6.45, 7) is 45.6. The molecule has 0 amide bonds. The van der Waals surface area contributed by atoms with Crippen LogP contribution in [-0.2, 0) is 0 Å². The number of nitrogens with zero attached hydrogens (tertiary/aromatic N) is 15. The normalized spacial score (nSPS) is 10.4. The third-order valence-corrected chi connectivity index (χ3v) is 12.3. The average Bonchev–Trinajstić information content (AvgIpc) is 4.33. The van der Waals surface area contributed by atoms with Gasteiger partial charge in [0, 0.05) is 29.6 Å². The number of hydrogen-bond acceptors (Lipinski definition) is 6. The quantitative estimate of drug-likeness (QED) is 0.153. The molecule has 0 radical (unpaired) electrons. The Hall–Kier alpha value is -11.6. The monoisotopic (exact) mass is 1010 g/mol. The molecule has 0 saturated carbocycles. The third-order valence-electron chi connectivity index (χ3n) is 12.0. The van der Waals surface area contributed by atoms with E-state index in [1.807, 2.05) is 203 Å². The molecule has 6 heterocycles. The molecule has 0 spiro atoms. The molecule has 0 N–H and O–H groups in total. The van der Waals surface area contributed by atoms with Gasteiger partial charge in [-0.3, -0.25) is 13.7 Å². The van der Waals surface area contributed by atoms with Crippen molar-refractivity contribution in [2.45, 2.75) is 6.92 Å². The largest absolute Gasteiger partial charge is 0.370 e. The van der Waals surface area contributed by atoms with E-state index in [9.17, 15) is 0 Å². The maximum Gasteiger partial charge on any atom is 0.295 e. The zero-order chi connectivity index (χ0) is 53.4. The fourth-order valence-corrected chi connectivity index (χ4v) is 8.78. The van der Waals surface area contributed by atoms with Crippen molar-refractivity contribution in [3.05, 3.63) is 267 Å². The van der Waals surface area contributed by atoms with Gasteiger partial charge in [0.25, 0.3) is 51.8 Å². The Morgan fingerprint density at radius 2 is 0.636 bits per heavy atom. The van der Waals surface area contributed by atoms with E-state index in [2.05, 4.69) is 59.0 Å².